The van der Waals surface area contributed by atoms with Crippen molar-refractivity contribution in [3.63, 3.8) is 0 Å². The fourth-order valence-electron chi connectivity index (χ4n) is 3.73. The summed E-state index contributed by atoms with van der Waals surface area (Å²) in [6.07, 6.45) is 3.72. The average Bonchev–Trinajstić information content (AvgIpc) is 3.19. The quantitative estimate of drug-likeness (QED) is 0.679. The number of amides is 2. The molecule has 0 aliphatic carbocycles. The first-order chi connectivity index (χ1) is 13.8. The van der Waals surface area contributed by atoms with E-state index in [9.17, 15) is 18.0 Å². The summed E-state index contributed by atoms with van der Waals surface area (Å²) in [6.45, 7) is 3.53. The highest BCUT2D eigenvalue weighted by Crippen LogP contribution is 2.22. The Morgan fingerprint density at radius 2 is 2.03 bits per heavy atom. The molecule has 2 atom stereocenters. The second kappa shape index (κ2) is 9.19. The number of nitrogens with zero attached hydrogens (tertiary/aromatic N) is 3. The summed E-state index contributed by atoms with van der Waals surface area (Å²) in [7, 11) is -2.33. The van der Waals surface area contributed by atoms with E-state index in [0.29, 0.717) is 11.7 Å². The number of pyridine rings is 1. The number of carbonyl (C=O) groups excluding carboxylic acids is 2. The van der Waals surface area contributed by atoms with Crippen LogP contribution in [-0.2, 0) is 19.6 Å². The standard InChI is InChI=1S/C19H29N5O4S/c1-14-6-9-24(10-7-14)19(26)16-11-15(12-21-16)29(27,28)23(2)13-18(25)22-17-5-3-4-8-20-17/h3-5,8,14-16,21H,6-7,9-13H2,1-2H3,(H,20,22,25). The van der Waals surface area contributed by atoms with Crippen molar-refractivity contribution >= 4 is 27.7 Å². The van der Waals surface area contributed by atoms with Crippen LogP contribution in [0.4, 0.5) is 5.82 Å². The van der Waals surface area contributed by atoms with Gasteiger partial charge in [-0.15, -0.1) is 0 Å². The summed E-state index contributed by atoms with van der Waals surface area (Å²) < 4.78 is 26.8. The number of piperidine rings is 1. The Labute approximate surface area is 171 Å². The van der Waals surface area contributed by atoms with E-state index in [-0.39, 0.29) is 25.4 Å². The molecule has 3 rings (SSSR count). The minimum Gasteiger partial charge on any atom is -0.341 e. The smallest absolute Gasteiger partial charge is 0.240 e. The normalized spacial score (nSPS) is 23.3. The number of rotatable bonds is 6. The first-order valence-electron chi connectivity index (χ1n) is 9.95. The molecule has 2 fully saturated rings. The zero-order valence-corrected chi connectivity index (χ0v) is 17.7. The third-order valence-corrected chi connectivity index (χ3v) is 7.84. The largest absolute Gasteiger partial charge is 0.341 e. The average molecular weight is 424 g/mol. The number of likely N-dealkylation sites (tertiary alicyclic amines) is 1. The Balaban J connectivity index is 1.54. The van der Waals surface area contributed by atoms with Crippen molar-refractivity contribution < 1.29 is 18.0 Å². The highest BCUT2D eigenvalue weighted by molar-refractivity contribution is 7.89. The highest BCUT2D eigenvalue weighted by Gasteiger charge is 2.41. The van der Waals surface area contributed by atoms with E-state index < -0.39 is 27.2 Å². The van der Waals surface area contributed by atoms with Crippen LogP contribution in [0, 0.1) is 5.92 Å². The van der Waals surface area contributed by atoms with Gasteiger partial charge in [0.1, 0.15) is 5.82 Å². The van der Waals surface area contributed by atoms with Gasteiger partial charge in [-0.2, -0.15) is 4.31 Å². The Kier molecular flexibility index (Phi) is 6.86. The summed E-state index contributed by atoms with van der Waals surface area (Å²) in [5.74, 6) is 0.503. The second-order valence-electron chi connectivity index (χ2n) is 7.89. The van der Waals surface area contributed by atoms with E-state index in [1.54, 1.807) is 24.4 Å². The van der Waals surface area contributed by atoms with Crippen LogP contribution >= 0.6 is 0 Å². The maximum absolute atomic E-state index is 12.9. The summed E-state index contributed by atoms with van der Waals surface area (Å²) in [5, 5.41) is 4.91. The predicted molar refractivity (Wildman–Crippen MR) is 110 cm³/mol. The molecule has 0 bridgehead atoms. The molecular weight excluding hydrogens is 394 g/mol. The van der Waals surface area contributed by atoms with Gasteiger partial charge in [0.25, 0.3) is 0 Å². The third kappa shape index (κ3) is 5.31. The lowest BCUT2D eigenvalue weighted by atomic mass is 9.98. The van der Waals surface area contributed by atoms with Crippen molar-refractivity contribution in [2.45, 2.75) is 37.5 Å². The van der Waals surface area contributed by atoms with E-state index >= 15 is 0 Å². The molecule has 2 unspecified atom stereocenters. The van der Waals surface area contributed by atoms with Gasteiger partial charge in [-0.1, -0.05) is 13.0 Å². The fourth-order valence-corrected chi connectivity index (χ4v) is 5.28. The molecule has 0 saturated carbocycles. The number of aromatic nitrogens is 1. The molecule has 9 nitrogen and oxygen atoms in total. The van der Waals surface area contributed by atoms with Crippen LogP contribution in [0.3, 0.4) is 0 Å². The summed E-state index contributed by atoms with van der Waals surface area (Å²) in [6, 6.07) is 4.60. The molecule has 0 aromatic carbocycles. The SMILES string of the molecule is CC1CCN(C(=O)C2CC(S(=O)(=O)N(C)CC(=O)Nc3ccccn3)CN2)CC1. The molecule has 2 amide bonds. The highest BCUT2D eigenvalue weighted by atomic mass is 32.2. The summed E-state index contributed by atoms with van der Waals surface area (Å²) >= 11 is 0. The zero-order valence-electron chi connectivity index (χ0n) is 16.9. The van der Waals surface area contributed by atoms with Gasteiger partial charge in [-0.25, -0.2) is 13.4 Å². The fraction of sp³-hybridized carbons (Fsp3) is 0.632. The van der Waals surface area contributed by atoms with Crippen molar-refractivity contribution in [1.82, 2.24) is 19.5 Å². The van der Waals surface area contributed by atoms with Gasteiger partial charge < -0.3 is 15.5 Å². The van der Waals surface area contributed by atoms with E-state index in [2.05, 4.69) is 22.5 Å². The van der Waals surface area contributed by atoms with Gasteiger partial charge >= 0.3 is 0 Å². The Morgan fingerprint density at radius 3 is 2.69 bits per heavy atom. The van der Waals surface area contributed by atoms with Crippen molar-refractivity contribution in [2.24, 2.45) is 5.92 Å². The van der Waals surface area contributed by atoms with Crippen molar-refractivity contribution in [3.8, 4) is 0 Å². The van der Waals surface area contributed by atoms with Gasteiger partial charge in [0.05, 0.1) is 17.8 Å². The molecule has 0 spiro atoms. The van der Waals surface area contributed by atoms with Crippen molar-refractivity contribution in [1.29, 1.82) is 0 Å². The maximum Gasteiger partial charge on any atom is 0.240 e. The zero-order chi connectivity index (χ0) is 21.0. The van der Waals surface area contributed by atoms with E-state index in [1.807, 2.05) is 4.90 Å². The van der Waals surface area contributed by atoms with Gasteiger partial charge in [-0.05, 0) is 37.3 Å². The van der Waals surface area contributed by atoms with Crippen LogP contribution in [0.15, 0.2) is 24.4 Å². The number of anilines is 1. The third-order valence-electron chi connectivity index (χ3n) is 5.64. The molecule has 10 heteroatoms. The minimum absolute atomic E-state index is 0.0230. The number of carbonyl (C=O) groups is 2. The first-order valence-corrected chi connectivity index (χ1v) is 11.5. The molecule has 0 radical (unpaired) electrons. The van der Waals surface area contributed by atoms with Crippen LogP contribution < -0.4 is 10.6 Å². The van der Waals surface area contributed by atoms with E-state index in [4.69, 9.17) is 0 Å². The number of nitrogens with one attached hydrogen (secondary N) is 2. The van der Waals surface area contributed by atoms with Gasteiger partial charge in [0.2, 0.25) is 21.8 Å². The monoisotopic (exact) mass is 423 g/mol. The molecule has 1 aromatic rings. The topological polar surface area (TPSA) is 112 Å². The van der Waals surface area contributed by atoms with Crippen LogP contribution in [-0.4, -0.2) is 78.9 Å². The van der Waals surface area contributed by atoms with Gasteiger partial charge in [-0.3, -0.25) is 9.59 Å². The van der Waals surface area contributed by atoms with E-state index in [1.165, 1.54) is 7.05 Å². The number of sulfonamides is 1. The number of likely N-dealkylation sites (N-methyl/N-ethyl adjacent to an activating group) is 1. The van der Waals surface area contributed by atoms with Crippen molar-refractivity contribution in [3.05, 3.63) is 24.4 Å². The lowest BCUT2D eigenvalue weighted by Gasteiger charge is -2.32. The molecular formula is C19H29N5O4S. The Morgan fingerprint density at radius 1 is 1.31 bits per heavy atom. The molecule has 29 heavy (non-hydrogen) atoms. The molecule has 2 N–H and O–H groups in total. The van der Waals surface area contributed by atoms with Crippen LogP contribution in [0.2, 0.25) is 0 Å². The first kappa shape index (κ1) is 21.7. The Hall–Kier alpha value is -2.04. The van der Waals surface area contributed by atoms with Gasteiger partial charge in [0, 0.05) is 32.9 Å². The molecule has 1 aromatic heterocycles. The minimum atomic E-state index is -3.71. The number of hydrogen-bond acceptors (Lipinski definition) is 6. The second-order valence-corrected chi connectivity index (χ2v) is 10.2. The van der Waals surface area contributed by atoms with Crippen LogP contribution in [0.5, 0.6) is 0 Å². The molecule has 160 valence electrons. The summed E-state index contributed by atoms with van der Waals surface area (Å²) in [4.78, 5) is 30.7. The maximum atomic E-state index is 12.9. The van der Waals surface area contributed by atoms with Crippen LogP contribution in [0.25, 0.3) is 0 Å². The lowest BCUT2D eigenvalue weighted by Crippen LogP contribution is -2.46. The molecule has 2 aliphatic rings. The Bertz CT molecular complexity index is 824. The summed E-state index contributed by atoms with van der Waals surface area (Å²) in [5.41, 5.74) is 0. The van der Waals surface area contributed by atoms with Crippen molar-refractivity contribution in [2.75, 3.05) is 38.5 Å². The van der Waals surface area contributed by atoms with Crippen LogP contribution in [0.1, 0.15) is 26.2 Å². The molecule has 3 heterocycles. The molecule has 2 saturated heterocycles. The predicted octanol–water partition coefficient (Wildman–Crippen LogP) is 0.271. The van der Waals surface area contributed by atoms with Gasteiger partial charge in [0.15, 0.2) is 0 Å². The molecule has 2 aliphatic heterocycles. The lowest BCUT2D eigenvalue weighted by molar-refractivity contribution is -0.134. The van der Waals surface area contributed by atoms with E-state index in [0.717, 1.165) is 30.2 Å². The number of hydrogen-bond donors (Lipinski definition) is 2.